The van der Waals surface area contributed by atoms with Gasteiger partial charge in [-0.1, -0.05) is 32.8 Å². The SMILES string of the molecule is CC(C)NCc1ccc(N(C)CC2CCCC2)c(F)c1. The monoisotopic (exact) mass is 278 g/mol. The fraction of sp³-hybridized carbons (Fsp3) is 0.647. The predicted molar refractivity (Wildman–Crippen MR) is 83.6 cm³/mol. The van der Waals surface area contributed by atoms with E-state index >= 15 is 0 Å². The molecule has 0 atom stereocenters. The fourth-order valence-electron chi connectivity index (χ4n) is 2.97. The Labute approximate surface area is 122 Å². The second-order valence-electron chi connectivity index (χ2n) is 6.35. The number of anilines is 1. The number of halogens is 1. The minimum absolute atomic E-state index is 0.103. The highest BCUT2D eigenvalue weighted by Gasteiger charge is 2.18. The number of nitrogens with zero attached hydrogens (tertiary/aromatic N) is 1. The van der Waals surface area contributed by atoms with E-state index in [0.29, 0.717) is 6.04 Å². The van der Waals surface area contributed by atoms with Crippen LogP contribution in [0.25, 0.3) is 0 Å². The molecule has 0 aliphatic heterocycles. The molecule has 0 spiro atoms. The first-order valence-corrected chi connectivity index (χ1v) is 7.79. The van der Waals surface area contributed by atoms with Gasteiger partial charge in [-0.3, -0.25) is 0 Å². The molecule has 1 N–H and O–H groups in total. The zero-order chi connectivity index (χ0) is 14.5. The van der Waals surface area contributed by atoms with Crippen LogP contribution < -0.4 is 10.2 Å². The van der Waals surface area contributed by atoms with Gasteiger partial charge in [-0.15, -0.1) is 0 Å². The molecular weight excluding hydrogens is 251 g/mol. The molecule has 0 heterocycles. The van der Waals surface area contributed by atoms with E-state index < -0.39 is 0 Å². The molecule has 20 heavy (non-hydrogen) atoms. The smallest absolute Gasteiger partial charge is 0.146 e. The second-order valence-corrected chi connectivity index (χ2v) is 6.35. The van der Waals surface area contributed by atoms with Gasteiger partial charge in [-0.2, -0.15) is 0 Å². The normalized spacial score (nSPS) is 16.1. The zero-order valence-corrected chi connectivity index (χ0v) is 13.0. The van der Waals surface area contributed by atoms with Gasteiger partial charge in [0.15, 0.2) is 0 Å². The Bertz CT molecular complexity index is 425. The maximum absolute atomic E-state index is 14.2. The summed E-state index contributed by atoms with van der Waals surface area (Å²) in [6, 6.07) is 6.03. The van der Waals surface area contributed by atoms with Crippen LogP contribution in [0.2, 0.25) is 0 Å². The lowest BCUT2D eigenvalue weighted by atomic mass is 10.1. The summed E-state index contributed by atoms with van der Waals surface area (Å²) in [5.74, 6) is 0.634. The van der Waals surface area contributed by atoms with Crippen molar-refractivity contribution in [3.05, 3.63) is 29.6 Å². The van der Waals surface area contributed by atoms with Crippen molar-refractivity contribution in [3.63, 3.8) is 0 Å². The van der Waals surface area contributed by atoms with E-state index in [4.69, 9.17) is 0 Å². The molecule has 0 aromatic heterocycles. The molecule has 1 aliphatic carbocycles. The van der Waals surface area contributed by atoms with Gasteiger partial charge in [0.2, 0.25) is 0 Å². The van der Waals surface area contributed by atoms with Crippen molar-refractivity contribution in [2.24, 2.45) is 5.92 Å². The van der Waals surface area contributed by atoms with Crippen LogP contribution in [0.3, 0.4) is 0 Å². The molecule has 0 unspecified atom stereocenters. The number of hydrogen-bond donors (Lipinski definition) is 1. The van der Waals surface area contributed by atoms with E-state index in [2.05, 4.69) is 24.1 Å². The van der Waals surface area contributed by atoms with Gasteiger partial charge < -0.3 is 10.2 Å². The molecule has 0 saturated heterocycles. The summed E-state index contributed by atoms with van der Waals surface area (Å²) in [5.41, 5.74) is 1.74. The van der Waals surface area contributed by atoms with E-state index in [1.165, 1.54) is 25.7 Å². The molecule has 1 saturated carbocycles. The first kappa shape index (κ1) is 15.3. The topological polar surface area (TPSA) is 15.3 Å². The maximum atomic E-state index is 14.2. The van der Waals surface area contributed by atoms with Crippen LogP contribution in [-0.4, -0.2) is 19.6 Å². The van der Waals surface area contributed by atoms with Crippen molar-refractivity contribution in [1.29, 1.82) is 0 Å². The Hall–Kier alpha value is -1.09. The summed E-state index contributed by atoms with van der Waals surface area (Å²) < 4.78 is 14.2. The Balaban J connectivity index is 1.97. The van der Waals surface area contributed by atoms with Gasteiger partial charge in [-0.25, -0.2) is 4.39 Å². The highest BCUT2D eigenvalue weighted by atomic mass is 19.1. The van der Waals surface area contributed by atoms with E-state index in [0.717, 1.165) is 30.3 Å². The second kappa shape index (κ2) is 7.07. The molecule has 1 aromatic rings. The average Bonchev–Trinajstić information content (AvgIpc) is 2.89. The molecule has 2 rings (SSSR count). The van der Waals surface area contributed by atoms with Crippen molar-refractivity contribution in [2.75, 3.05) is 18.5 Å². The highest BCUT2D eigenvalue weighted by molar-refractivity contribution is 5.48. The van der Waals surface area contributed by atoms with Gasteiger partial charge >= 0.3 is 0 Å². The summed E-state index contributed by atoms with van der Waals surface area (Å²) in [5, 5.41) is 3.32. The molecular formula is C17H27FN2. The van der Waals surface area contributed by atoms with Crippen molar-refractivity contribution < 1.29 is 4.39 Å². The van der Waals surface area contributed by atoms with Gasteiger partial charge in [0.05, 0.1) is 5.69 Å². The first-order valence-electron chi connectivity index (χ1n) is 7.79. The third kappa shape index (κ3) is 4.20. The van der Waals surface area contributed by atoms with Crippen molar-refractivity contribution >= 4 is 5.69 Å². The lowest BCUT2D eigenvalue weighted by molar-refractivity contribution is 0.538. The molecule has 0 bridgehead atoms. The lowest BCUT2D eigenvalue weighted by Crippen LogP contribution is -2.25. The van der Waals surface area contributed by atoms with Gasteiger partial charge in [-0.05, 0) is 36.5 Å². The summed E-state index contributed by atoms with van der Waals surface area (Å²) in [4.78, 5) is 2.07. The minimum atomic E-state index is -0.103. The van der Waals surface area contributed by atoms with Crippen molar-refractivity contribution in [2.45, 2.75) is 52.1 Å². The molecule has 3 heteroatoms. The Morgan fingerprint density at radius 1 is 1.30 bits per heavy atom. The van der Waals surface area contributed by atoms with Gasteiger partial charge in [0.25, 0.3) is 0 Å². The number of hydrogen-bond acceptors (Lipinski definition) is 2. The third-order valence-corrected chi connectivity index (χ3v) is 4.14. The largest absolute Gasteiger partial charge is 0.372 e. The van der Waals surface area contributed by atoms with Crippen LogP contribution in [0.15, 0.2) is 18.2 Å². The number of nitrogens with one attached hydrogen (secondary N) is 1. The van der Waals surface area contributed by atoms with E-state index in [1.54, 1.807) is 6.07 Å². The van der Waals surface area contributed by atoms with E-state index in [1.807, 2.05) is 19.2 Å². The standard InChI is InChI=1S/C17H27FN2/c1-13(2)19-11-15-8-9-17(16(18)10-15)20(3)12-14-6-4-5-7-14/h8-10,13-14,19H,4-7,11-12H2,1-3H3. The van der Waals surface area contributed by atoms with Crippen LogP contribution >= 0.6 is 0 Å². The Morgan fingerprint density at radius 3 is 2.60 bits per heavy atom. The average molecular weight is 278 g/mol. The molecule has 1 aromatic carbocycles. The fourth-order valence-corrected chi connectivity index (χ4v) is 2.97. The molecule has 2 nitrogen and oxygen atoms in total. The first-order chi connectivity index (χ1) is 9.56. The van der Waals surface area contributed by atoms with Crippen LogP contribution in [0.4, 0.5) is 10.1 Å². The summed E-state index contributed by atoms with van der Waals surface area (Å²) in [6.45, 7) is 5.89. The summed E-state index contributed by atoms with van der Waals surface area (Å²) in [6.07, 6.45) is 5.26. The highest BCUT2D eigenvalue weighted by Crippen LogP contribution is 2.28. The Morgan fingerprint density at radius 2 is 2.00 bits per heavy atom. The van der Waals surface area contributed by atoms with Crippen LogP contribution in [0.5, 0.6) is 0 Å². The summed E-state index contributed by atoms with van der Waals surface area (Å²) in [7, 11) is 2.00. The van der Waals surface area contributed by atoms with E-state index in [-0.39, 0.29) is 5.82 Å². The number of benzene rings is 1. The minimum Gasteiger partial charge on any atom is -0.372 e. The van der Waals surface area contributed by atoms with Crippen molar-refractivity contribution in [1.82, 2.24) is 5.32 Å². The summed E-state index contributed by atoms with van der Waals surface area (Å²) >= 11 is 0. The van der Waals surface area contributed by atoms with Crippen LogP contribution in [0, 0.1) is 11.7 Å². The number of rotatable bonds is 6. The lowest BCUT2D eigenvalue weighted by Gasteiger charge is -2.24. The molecule has 1 fully saturated rings. The molecule has 0 radical (unpaired) electrons. The maximum Gasteiger partial charge on any atom is 0.146 e. The third-order valence-electron chi connectivity index (χ3n) is 4.14. The van der Waals surface area contributed by atoms with E-state index in [9.17, 15) is 4.39 Å². The molecule has 0 amide bonds. The zero-order valence-electron chi connectivity index (χ0n) is 13.0. The van der Waals surface area contributed by atoms with Crippen LogP contribution in [0.1, 0.15) is 45.1 Å². The quantitative estimate of drug-likeness (QED) is 0.847. The van der Waals surface area contributed by atoms with Gasteiger partial charge in [0.1, 0.15) is 5.82 Å². The van der Waals surface area contributed by atoms with Crippen molar-refractivity contribution in [3.8, 4) is 0 Å². The Kier molecular flexibility index (Phi) is 5.41. The van der Waals surface area contributed by atoms with Crippen LogP contribution in [-0.2, 0) is 6.54 Å². The molecule has 112 valence electrons. The molecule has 1 aliphatic rings. The van der Waals surface area contributed by atoms with Gasteiger partial charge in [0, 0.05) is 26.2 Å². The predicted octanol–water partition coefficient (Wildman–Crippen LogP) is 3.95.